The summed E-state index contributed by atoms with van der Waals surface area (Å²) in [5, 5.41) is 9.04. The Balaban J connectivity index is 1.78. The van der Waals surface area contributed by atoms with Gasteiger partial charge in [-0.25, -0.2) is 0 Å². The zero-order valence-corrected chi connectivity index (χ0v) is 13.6. The van der Waals surface area contributed by atoms with Gasteiger partial charge in [-0.15, -0.1) is 0 Å². The van der Waals surface area contributed by atoms with Gasteiger partial charge in [0.15, 0.2) is 0 Å². The number of hydrogen-bond donors (Lipinski definition) is 1. The first-order valence-corrected chi connectivity index (χ1v) is 8.86. The summed E-state index contributed by atoms with van der Waals surface area (Å²) in [5.41, 5.74) is 0. The van der Waals surface area contributed by atoms with Crippen LogP contribution in [0.5, 0.6) is 0 Å². The van der Waals surface area contributed by atoms with Crippen LogP contribution in [-0.4, -0.2) is 60.1 Å². The van der Waals surface area contributed by atoms with Crippen LogP contribution in [0.3, 0.4) is 0 Å². The highest BCUT2D eigenvalue weighted by Crippen LogP contribution is 2.32. The van der Waals surface area contributed by atoms with Gasteiger partial charge in [0.25, 0.3) is 0 Å². The monoisotopic (exact) mass is 296 g/mol. The molecule has 0 radical (unpaired) electrons. The molecule has 1 aliphatic heterocycles. The lowest BCUT2D eigenvalue weighted by Gasteiger charge is -2.31. The number of β-amino-alcohol motifs (C(OH)–C–C–N with tert-alkyl or cyclic N) is 1. The van der Waals surface area contributed by atoms with Crippen LogP contribution in [0.15, 0.2) is 0 Å². The summed E-state index contributed by atoms with van der Waals surface area (Å²) in [5.74, 6) is 1.54. The van der Waals surface area contributed by atoms with Crippen molar-refractivity contribution in [2.75, 3.05) is 39.3 Å². The van der Waals surface area contributed by atoms with Crippen molar-refractivity contribution in [3.05, 3.63) is 0 Å². The van der Waals surface area contributed by atoms with E-state index in [9.17, 15) is 4.79 Å². The second kappa shape index (κ2) is 8.74. The van der Waals surface area contributed by atoms with Gasteiger partial charge in [-0.05, 0) is 44.6 Å². The molecule has 1 amide bonds. The summed E-state index contributed by atoms with van der Waals surface area (Å²) in [6.45, 7) is 6.88. The Hall–Kier alpha value is -0.610. The average molecular weight is 296 g/mol. The first-order valence-electron chi connectivity index (χ1n) is 8.86. The van der Waals surface area contributed by atoms with Crippen molar-refractivity contribution < 1.29 is 9.90 Å². The fraction of sp³-hybridized carbons (Fsp3) is 0.941. The van der Waals surface area contributed by atoms with E-state index in [-0.39, 0.29) is 12.5 Å². The summed E-state index contributed by atoms with van der Waals surface area (Å²) < 4.78 is 0. The van der Waals surface area contributed by atoms with Gasteiger partial charge >= 0.3 is 0 Å². The van der Waals surface area contributed by atoms with Crippen LogP contribution in [0.25, 0.3) is 0 Å². The highest BCUT2D eigenvalue weighted by molar-refractivity contribution is 5.79. The molecule has 1 aliphatic carbocycles. The number of carbonyl (C=O) groups excluding carboxylic acids is 1. The van der Waals surface area contributed by atoms with Gasteiger partial charge in [-0.3, -0.25) is 9.69 Å². The van der Waals surface area contributed by atoms with E-state index in [1.165, 1.54) is 25.7 Å². The molecule has 0 aromatic rings. The second-order valence-corrected chi connectivity index (χ2v) is 6.75. The van der Waals surface area contributed by atoms with Gasteiger partial charge < -0.3 is 10.0 Å². The van der Waals surface area contributed by atoms with E-state index >= 15 is 0 Å². The highest BCUT2D eigenvalue weighted by atomic mass is 16.3. The van der Waals surface area contributed by atoms with Gasteiger partial charge in [0, 0.05) is 32.1 Å². The number of amides is 1. The highest BCUT2D eigenvalue weighted by Gasteiger charge is 2.29. The molecule has 0 bridgehead atoms. The van der Waals surface area contributed by atoms with E-state index in [1.54, 1.807) is 0 Å². The van der Waals surface area contributed by atoms with Crippen LogP contribution >= 0.6 is 0 Å². The van der Waals surface area contributed by atoms with E-state index < -0.39 is 0 Å². The minimum absolute atomic E-state index is 0.218. The SMILES string of the molecule is CCCC1CCC(C(=O)N2CCCN(CCO)CC2)CC1. The molecule has 2 aliphatic rings. The molecule has 1 N–H and O–H groups in total. The van der Waals surface area contributed by atoms with Crippen molar-refractivity contribution in [3.8, 4) is 0 Å². The molecule has 1 saturated carbocycles. The van der Waals surface area contributed by atoms with Crippen LogP contribution in [0.2, 0.25) is 0 Å². The summed E-state index contributed by atoms with van der Waals surface area (Å²) in [7, 11) is 0. The van der Waals surface area contributed by atoms with Gasteiger partial charge in [0.2, 0.25) is 5.91 Å². The molecule has 1 saturated heterocycles. The fourth-order valence-electron chi connectivity index (χ4n) is 3.92. The summed E-state index contributed by atoms with van der Waals surface area (Å²) in [4.78, 5) is 17.0. The first-order chi connectivity index (χ1) is 10.2. The Morgan fingerprint density at radius 2 is 1.86 bits per heavy atom. The topological polar surface area (TPSA) is 43.8 Å². The van der Waals surface area contributed by atoms with Crippen LogP contribution in [0.1, 0.15) is 51.9 Å². The second-order valence-electron chi connectivity index (χ2n) is 6.75. The lowest BCUT2D eigenvalue weighted by atomic mass is 9.79. The van der Waals surface area contributed by atoms with Crippen LogP contribution in [-0.2, 0) is 4.79 Å². The van der Waals surface area contributed by atoms with Crippen LogP contribution < -0.4 is 0 Å². The Morgan fingerprint density at radius 3 is 2.52 bits per heavy atom. The van der Waals surface area contributed by atoms with E-state index in [1.807, 2.05) is 0 Å². The van der Waals surface area contributed by atoms with E-state index in [2.05, 4.69) is 16.7 Å². The molecule has 2 fully saturated rings. The molecule has 21 heavy (non-hydrogen) atoms. The maximum absolute atomic E-state index is 12.7. The molecule has 0 atom stereocenters. The molecule has 4 heteroatoms. The minimum Gasteiger partial charge on any atom is -0.395 e. The molecular weight excluding hydrogens is 264 g/mol. The summed E-state index contributed by atoms with van der Waals surface area (Å²) in [6, 6.07) is 0. The number of nitrogens with zero attached hydrogens (tertiary/aromatic N) is 2. The van der Waals surface area contributed by atoms with Crippen LogP contribution in [0.4, 0.5) is 0 Å². The van der Waals surface area contributed by atoms with E-state index in [0.717, 1.165) is 57.9 Å². The normalized spacial score (nSPS) is 28.4. The number of aliphatic hydroxyl groups excluding tert-OH is 1. The third kappa shape index (κ3) is 4.96. The molecule has 0 unspecified atom stereocenters. The zero-order chi connectivity index (χ0) is 15.1. The van der Waals surface area contributed by atoms with Gasteiger partial charge in [0.1, 0.15) is 0 Å². The summed E-state index contributed by atoms with van der Waals surface area (Å²) >= 11 is 0. The first kappa shape index (κ1) is 16.8. The number of rotatable bonds is 5. The molecule has 1 heterocycles. The predicted octanol–water partition coefficient (Wildman–Crippen LogP) is 2.12. The molecule has 2 rings (SSSR count). The molecule has 0 spiro atoms. The van der Waals surface area contributed by atoms with Crippen molar-refractivity contribution >= 4 is 5.91 Å². The van der Waals surface area contributed by atoms with E-state index in [0.29, 0.717) is 5.91 Å². The predicted molar refractivity (Wildman–Crippen MR) is 85.1 cm³/mol. The Labute approximate surface area is 129 Å². The van der Waals surface area contributed by atoms with Crippen molar-refractivity contribution in [2.45, 2.75) is 51.9 Å². The third-order valence-corrected chi connectivity index (χ3v) is 5.21. The van der Waals surface area contributed by atoms with Crippen molar-refractivity contribution in [3.63, 3.8) is 0 Å². The van der Waals surface area contributed by atoms with Crippen molar-refractivity contribution in [1.29, 1.82) is 0 Å². The number of hydrogen-bond acceptors (Lipinski definition) is 3. The molecule has 122 valence electrons. The smallest absolute Gasteiger partial charge is 0.225 e. The lowest BCUT2D eigenvalue weighted by Crippen LogP contribution is -2.40. The quantitative estimate of drug-likeness (QED) is 0.845. The Bertz CT molecular complexity index is 314. The Morgan fingerprint density at radius 1 is 1.10 bits per heavy atom. The molecule has 4 nitrogen and oxygen atoms in total. The van der Waals surface area contributed by atoms with Gasteiger partial charge in [0.05, 0.1) is 6.61 Å². The summed E-state index contributed by atoms with van der Waals surface area (Å²) in [6.07, 6.45) is 8.33. The fourth-order valence-corrected chi connectivity index (χ4v) is 3.92. The lowest BCUT2D eigenvalue weighted by molar-refractivity contribution is -0.136. The van der Waals surface area contributed by atoms with Crippen LogP contribution in [0, 0.1) is 11.8 Å². The van der Waals surface area contributed by atoms with Gasteiger partial charge in [-0.2, -0.15) is 0 Å². The minimum atomic E-state index is 0.218. The standard InChI is InChI=1S/C17H32N2O2/c1-2-4-15-5-7-16(8-6-15)17(21)19-10-3-9-18(11-12-19)13-14-20/h15-16,20H,2-14H2,1H3. The molecule has 0 aromatic heterocycles. The van der Waals surface area contributed by atoms with Crippen molar-refractivity contribution in [1.82, 2.24) is 9.80 Å². The average Bonchev–Trinajstić information content (AvgIpc) is 2.74. The van der Waals surface area contributed by atoms with E-state index in [4.69, 9.17) is 5.11 Å². The zero-order valence-electron chi connectivity index (χ0n) is 13.6. The Kier molecular flexibility index (Phi) is 6.97. The third-order valence-electron chi connectivity index (χ3n) is 5.21. The molecule has 0 aromatic carbocycles. The van der Waals surface area contributed by atoms with Gasteiger partial charge in [-0.1, -0.05) is 19.8 Å². The largest absolute Gasteiger partial charge is 0.395 e. The maximum Gasteiger partial charge on any atom is 0.225 e. The molecular formula is C17H32N2O2. The number of carbonyl (C=O) groups is 1. The maximum atomic E-state index is 12.7. The van der Waals surface area contributed by atoms with Crippen molar-refractivity contribution in [2.24, 2.45) is 11.8 Å². The number of aliphatic hydroxyl groups is 1.